The third-order valence-electron chi connectivity index (χ3n) is 4.59. The van der Waals surface area contributed by atoms with Gasteiger partial charge < -0.3 is 10.0 Å². The Hall–Kier alpha value is -1.93. The number of hydrogen-bond donors (Lipinski definition) is 2. The Morgan fingerprint density at radius 3 is 2.58 bits per heavy atom. The number of amides is 1. The molecule has 1 heterocycles. The van der Waals surface area contributed by atoms with Gasteiger partial charge in [0.05, 0.1) is 10.3 Å². The molecule has 0 radical (unpaired) electrons. The fourth-order valence-electron chi connectivity index (χ4n) is 2.56. The molecule has 1 aliphatic rings. The van der Waals surface area contributed by atoms with Crippen molar-refractivity contribution in [3.05, 3.63) is 23.8 Å². The number of anilines is 1. The van der Waals surface area contributed by atoms with Crippen LogP contribution in [0, 0.1) is 5.41 Å². The summed E-state index contributed by atoms with van der Waals surface area (Å²) < 4.78 is 27.3. The molecule has 0 bridgehead atoms. The molecule has 0 aromatic heterocycles. The quantitative estimate of drug-likeness (QED) is 0.803. The molecule has 1 aromatic rings. The highest BCUT2D eigenvalue weighted by atomic mass is 32.2. The van der Waals surface area contributed by atoms with Crippen molar-refractivity contribution in [2.24, 2.45) is 5.41 Å². The summed E-state index contributed by atoms with van der Waals surface area (Å²) in [6, 6.07) is 4.60. The van der Waals surface area contributed by atoms with Gasteiger partial charge in [-0.1, -0.05) is 6.92 Å². The Balaban J connectivity index is 2.22. The van der Waals surface area contributed by atoms with E-state index in [2.05, 4.69) is 4.72 Å². The van der Waals surface area contributed by atoms with Crippen LogP contribution in [0.4, 0.5) is 5.69 Å². The predicted octanol–water partition coefficient (Wildman–Crippen LogP) is 1.37. The second kappa shape index (κ2) is 6.52. The van der Waals surface area contributed by atoms with E-state index in [-0.39, 0.29) is 17.3 Å². The zero-order chi connectivity index (χ0) is 18.1. The minimum absolute atomic E-state index is 0.0792. The highest BCUT2D eigenvalue weighted by Crippen LogP contribution is 2.30. The molecule has 0 saturated heterocycles. The maximum atomic E-state index is 12.4. The summed E-state index contributed by atoms with van der Waals surface area (Å²) >= 11 is 0. The summed E-state index contributed by atoms with van der Waals surface area (Å²) in [5.41, 5.74) is 0.366. The first-order valence-electron chi connectivity index (χ1n) is 7.75. The third-order valence-corrected chi connectivity index (χ3v) is 5.98. The smallest absolute Gasteiger partial charge is 0.310 e. The van der Waals surface area contributed by atoms with Crippen LogP contribution < -0.4 is 9.62 Å². The zero-order valence-electron chi connectivity index (χ0n) is 14.0. The summed E-state index contributed by atoms with van der Waals surface area (Å²) in [6.07, 6.45) is 0.905. The van der Waals surface area contributed by atoms with Gasteiger partial charge >= 0.3 is 5.97 Å². The van der Waals surface area contributed by atoms with Gasteiger partial charge in [0, 0.05) is 25.7 Å². The van der Waals surface area contributed by atoms with Gasteiger partial charge in [-0.3, -0.25) is 9.59 Å². The number of carboxylic acid groups (broad SMARTS) is 1. The van der Waals surface area contributed by atoms with Crippen LogP contribution in [-0.2, 0) is 26.0 Å². The molecular formula is C16H22N2O5S. The number of sulfonamides is 1. The van der Waals surface area contributed by atoms with Crippen LogP contribution in [0.1, 0.15) is 32.8 Å². The molecule has 1 unspecified atom stereocenters. The first-order valence-corrected chi connectivity index (χ1v) is 9.23. The van der Waals surface area contributed by atoms with Crippen molar-refractivity contribution in [3.8, 4) is 0 Å². The highest BCUT2D eigenvalue weighted by molar-refractivity contribution is 7.89. The predicted molar refractivity (Wildman–Crippen MR) is 89.4 cm³/mol. The van der Waals surface area contributed by atoms with Crippen molar-refractivity contribution < 1.29 is 23.1 Å². The van der Waals surface area contributed by atoms with Crippen molar-refractivity contribution in [1.29, 1.82) is 0 Å². The van der Waals surface area contributed by atoms with E-state index in [1.54, 1.807) is 24.0 Å². The Bertz CT molecular complexity index is 775. The second-order valence-electron chi connectivity index (χ2n) is 6.26. The highest BCUT2D eigenvalue weighted by Gasteiger charge is 2.33. The van der Waals surface area contributed by atoms with Gasteiger partial charge in [-0.2, -0.15) is 0 Å². The van der Waals surface area contributed by atoms with E-state index in [1.807, 2.05) is 0 Å². The normalized spacial score (nSPS) is 16.5. The van der Waals surface area contributed by atoms with Crippen LogP contribution in [0.5, 0.6) is 0 Å². The van der Waals surface area contributed by atoms with Crippen LogP contribution >= 0.6 is 0 Å². The fourth-order valence-corrected chi connectivity index (χ4v) is 3.78. The van der Waals surface area contributed by atoms with Gasteiger partial charge in [0.15, 0.2) is 0 Å². The van der Waals surface area contributed by atoms with E-state index in [9.17, 15) is 23.1 Å². The average molecular weight is 354 g/mol. The van der Waals surface area contributed by atoms with Gasteiger partial charge in [-0.15, -0.1) is 0 Å². The standard InChI is InChI=1S/C16H22N2O5S/c1-4-16(3,15(20)21)10-17-24(22,23)13-5-6-14-12(9-13)7-8-18(14)11(2)19/h5-6,9,17H,4,7-8,10H2,1-3H3,(H,20,21). The molecule has 0 fully saturated rings. The van der Waals surface area contributed by atoms with Crippen LogP contribution in [-0.4, -0.2) is 38.5 Å². The number of rotatable bonds is 6. The second-order valence-corrected chi connectivity index (χ2v) is 8.02. The molecule has 0 aliphatic carbocycles. The molecule has 1 atom stereocenters. The topological polar surface area (TPSA) is 104 Å². The van der Waals surface area contributed by atoms with Crippen LogP contribution in [0.25, 0.3) is 0 Å². The number of fused-ring (bicyclic) bond motifs is 1. The number of benzene rings is 1. The van der Waals surface area contributed by atoms with Crippen LogP contribution in [0.15, 0.2) is 23.1 Å². The average Bonchev–Trinajstić information content (AvgIpc) is 2.95. The maximum Gasteiger partial charge on any atom is 0.310 e. The molecule has 1 aromatic carbocycles. The fraction of sp³-hybridized carbons (Fsp3) is 0.500. The molecule has 1 amide bonds. The first kappa shape index (κ1) is 18.4. The van der Waals surface area contributed by atoms with Crippen molar-refractivity contribution in [3.63, 3.8) is 0 Å². The van der Waals surface area contributed by atoms with E-state index in [1.165, 1.54) is 19.9 Å². The number of aliphatic carboxylic acids is 1. The van der Waals surface area contributed by atoms with Gasteiger partial charge in [-0.25, -0.2) is 13.1 Å². The molecule has 2 N–H and O–H groups in total. The lowest BCUT2D eigenvalue weighted by Gasteiger charge is -2.23. The van der Waals surface area contributed by atoms with E-state index in [4.69, 9.17) is 0 Å². The number of hydrogen-bond acceptors (Lipinski definition) is 4. The molecule has 132 valence electrons. The van der Waals surface area contributed by atoms with Crippen molar-refractivity contribution in [2.45, 2.75) is 38.5 Å². The summed E-state index contributed by atoms with van der Waals surface area (Å²) in [7, 11) is -3.81. The minimum atomic E-state index is -3.81. The Kier molecular flexibility index (Phi) is 5.00. The maximum absolute atomic E-state index is 12.4. The van der Waals surface area contributed by atoms with Gasteiger partial charge in [0.25, 0.3) is 0 Å². The van der Waals surface area contributed by atoms with Gasteiger partial charge in [0.2, 0.25) is 15.9 Å². The molecular weight excluding hydrogens is 332 g/mol. The van der Waals surface area contributed by atoms with Crippen LogP contribution in [0.3, 0.4) is 0 Å². The molecule has 8 heteroatoms. The Labute approximate surface area is 141 Å². The van der Waals surface area contributed by atoms with E-state index in [0.29, 0.717) is 19.4 Å². The molecule has 1 aliphatic heterocycles. The summed E-state index contributed by atoms with van der Waals surface area (Å²) in [5.74, 6) is -1.12. The number of carbonyl (C=O) groups is 2. The third kappa shape index (κ3) is 3.44. The van der Waals surface area contributed by atoms with E-state index >= 15 is 0 Å². The van der Waals surface area contributed by atoms with Crippen LogP contribution in [0.2, 0.25) is 0 Å². The molecule has 2 rings (SSSR count). The molecule has 0 spiro atoms. The summed E-state index contributed by atoms with van der Waals surface area (Å²) in [6.45, 7) is 5.03. The Morgan fingerprint density at radius 2 is 2.04 bits per heavy atom. The molecule has 24 heavy (non-hydrogen) atoms. The summed E-state index contributed by atoms with van der Waals surface area (Å²) in [5, 5.41) is 9.24. The van der Waals surface area contributed by atoms with Crippen molar-refractivity contribution >= 4 is 27.6 Å². The summed E-state index contributed by atoms with van der Waals surface area (Å²) in [4.78, 5) is 24.5. The lowest BCUT2D eigenvalue weighted by molar-refractivity contribution is -0.147. The van der Waals surface area contributed by atoms with Crippen molar-refractivity contribution in [2.75, 3.05) is 18.0 Å². The lowest BCUT2D eigenvalue weighted by atomic mass is 9.88. The molecule has 7 nitrogen and oxygen atoms in total. The number of carbonyl (C=O) groups excluding carboxylic acids is 1. The lowest BCUT2D eigenvalue weighted by Crippen LogP contribution is -2.40. The number of nitrogens with one attached hydrogen (secondary N) is 1. The zero-order valence-corrected chi connectivity index (χ0v) is 14.8. The van der Waals surface area contributed by atoms with E-state index in [0.717, 1.165) is 11.3 Å². The van der Waals surface area contributed by atoms with Gasteiger partial charge in [-0.05, 0) is 43.5 Å². The van der Waals surface area contributed by atoms with E-state index < -0.39 is 21.4 Å². The van der Waals surface area contributed by atoms with Crippen molar-refractivity contribution in [1.82, 2.24) is 4.72 Å². The van der Waals surface area contributed by atoms with Gasteiger partial charge in [0.1, 0.15) is 0 Å². The molecule has 0 saturated carbocycles. The largest absolute Gasteiger partial charge is 0.481 e. The number of carboxylic acids is 1. The Morgan fingerprint density at radius 1 is 1.38 bits per heavy atom. The monoisotopic (exact) mass is 354 g/mol. The first-order chi connectivity index (χ1) is 11.1. The number of nitrogens with zero attached hydrogens (tertiary/aromatic N) is 1. The minimum Gasteiger partial charge on any atom is -0.481 e. The SMILES string of the molecule is CCC(C)(CNS(=O)(=O)c1ccc2c(c1)CCN2C(C)=O)C(=O)O.